The summed E-state index contributed by atoms with van der Waals surface area (Å²) in [4.78, 5) is 42.7. The number of esters is 2. The first-order chi connectivity index (χ1) is 23.3. The molecule has 0 bridgehead atoms. The van der Waals surface area contributed by atoms with E-state index in [1.807, 2.05) is 6.08 Å². The Balaban J connectivity index is 3.94. The van der Waals surface area contributed by atoms with E-state index in [0.29, 0.717) is 6.42 Å². The van der Waals surface area contributed by atoms with Crippen molar-refractivity contribution in [3.05, 3.63) is 24.8 Å². The van der Waals surface area contributed by atoms with E-state index < -0.39 is 32.5 Å². The van der Waals surface area contributed by atoms with Crippen molar-refractivity contribution in [3.8, 4) is 0 Å². The van der Waals surface area contributed by atoms with E-state index in [4.69, 9.17) is 19.3 Å². The molecule has 48 heavy (non-hydrogen) atoms. The summed E-state index contributed by atoms with van der Waals surface area (Å²) < 4.78 is 26.3. The summed E-state index contributed by atoms with van der Waals surface area (Å²) in [6.45, 7) is 5.18. The molecule has 0 aliphatic rings. The van der Waals surface area contributed by atoms with Crippen LogP contribution >= 0.6 is 7.82 Å². The maximum absolute atomic E-state index is 12.4. The SMILES string of the molecule is C=CCCCCCCCCCCCCCCCC(=O)OC[C@H](COP(=O)(O)O)OC(=O)CCCCC/C=C/CCCCCCCCCC. The molecule has 0 fully saturated rings. The highest BCUT2D eigenvalue weighted by Gasteiger charge is 2.22. The Morgan fingerprint density at radius 1 is 0.583 bits per heavy atom. The smallest absolute Gasteiger partial charge is 0.462 e. The van der Waals surface area contributed by atoms with Gasteiger partial charge in [0.2, 0.25) is 0 Å². The highest BCUT2D eigenvalue weighted by Crippen LogP contribution is 2.36. The number of hydrogen-bond donors (Lipinski definition) is 2. The van der Waals surface area contributed by atoms with Crippen molar-refractivity contribution < 1.29 is 37.9 Å². The van der Waals surface area contributed by atoms with Crippen LogP contribution in [0.4, 0.5) is 0 Å². The van der Waals surface area contributed by atoms with E-state index in [2.05, 4.69) is 30.2 Å². The monoisotopic (exact) mass is 701 g/mol. The predicted octanol–water partition coefficient (Wildman–Crippen LogP) is 11.6. The van der Waals surface area contributed by atoms with E-state index in [1.54, 1.807) is 0 Å². The Morgan fingerprint density at radius 3 is 1.44 bits per heavy atom. The van der Waals surface area contributed by atoms with Crippen molar-refractivity contribution in [1.29, 1.82) is 0 Å². The van der Waals surface area contributed by atoms with Gasteiger partial charge in [-0.25, -0.2) is 4.57 Å². The quantitative estimate of drug-likeness (QED) is 0.0284. The van der Waals surface area contributed by atoms with Crippen LogP contribution in [0.5, 0.6) is 0 Å². The Morgan fingerprint density at radius 2 is 0.979 bits per heavy atom. The zero-order chi connectivity index (χ0) is 35.4. The maximum Gasteiger partial charge on any atom is 0.469 e. The first-order valence-electron chi connectivity index (χ1n) is 19.6. The lowest BCUT2D eigenvalue weighted by atomic mass is 10.0. The van der Waals surface area contributed by atoms with Gasteiger partial charge in [0.25, 0.3) is 0 Å². The fraction of sp³-hybridized carbons (Fsp3) is 0.846. The summed E-state index contributed by atoms with van der Waals surface area (Å²) in [6, 6.07) is 0. The predicted molar refractivity (Wildman–Crippen MR) is 198 cm³/mol. The summed E-state index contributed by atoms with van der Waals surface area (Å²) in [5.41, 5.74) is 0. The summed E-state index contributed by atoms with van der Waals surface area (Å²) in [6.07, 6.45) is 37.9. The lowest BCUT2D eigenvalue weighted by molar-refractivity contribution is -0.161. The van der Waals surface area contributed by atoms with Gasteiger partial charge >= 0.3 is 19.8 Å². The molecule has 0 spiro atoms. The molecule has 9 heteroatoms. The molecule has 0 radical (unpaired) electrons. The van der Waals surface area contributed by atoms with Crippen molar-refractivity contribution in [3.63, 3.8) is 0 Å². The first-order valence-corrected chi connectivity index (χ1v) is 21.1. The second-order valence-corrected chi connectivity index (χ2v) is 14.6. The van der Waals surface area contributed by atoms with Crippen LogP contribution in [-0.4, -0.2) is 41.0 Å². The number of carbonyl (C=O) groups is 2. The molecule has 282 valence electrons. The van der Waals surface area contributed by atoms with Crippen molar-refractivity contribution in [2.75, 3.05) is 13.2 Å². The number of hydrogen-bond acceptors (Lipinski definition) is 6. The lowest BCUT2D eigenvalue weighted by Gasteiger charge is -2.18. The standard InChI is InChI=1S/C39H73O8P/c1-3-5-7-9-11-13-15-17-19-21-23-25-27-29-31-33-38(40)45-35-37(36-46-48(42,43)44)47-39(41)34-32-30-28-26-24-22-20-18-16-14-12-10-8-6-4-2/h3,22,24,37H,1,4-21,23,25-36H2,2H3,(H2,42,43,44)/b24-22+/t37-/m1/s1. The van der Waals surface area contributed by atoms with Gasteiger partial charge < -0.3 is 19.3 Å². The molecule has 0 saturated carbocycles. The molecule has 0 unspecified atom stereocenters. The number of ether oxygens (including phenoxy) is 2. The third-order valence-electron chi connectivity index (χ3n) is 8.59. The largest absolute Gasteiger partial charge is 0.469 e. The molecule has 0 aromatic heterocycles. The Labute approximate surface area is 294 Å². The molecule has 0 aromatic rings. The highest BCUT2D eigenvalue weighted by atomic mass is 31.2. The summed E-state index contributed by atoms with van der Waals surface area (Å²) in [5.74, 6) is -0.901. The van der Waals surface area contributed by atoms with Gasteiger partial charge in [-0.1, -0.05) is 147 Å². The average Bonchev–Trinajstić information content (AvgIpc) is 3.05. The van der Waals surface area contributed by atoms with Crippen molar-refractivity contribution in [2.24, 2.45) is 0 Å². The fourth-order valence-electron chi connectivity index (χ4n) is 5.64. The van der Waals surface area contributed by atoms with E-state index in [0.717, 1.165) is 51.4 Å². The van der Waals surface area contributed by atoms with Crippen LogP contribution in [0.2, 0.25) is 0 Å². The molecule has 2 N–H and O–H groups in total. The number of phosphoric acid groups is 1. The molecule has 0 aliphatic carbocycles. The van der Waals surface area contributed by atoms with Crippen LogP contribution in [0.25, 0.3) is 0 Å². The maximum atomic E-state index is 12.4. The van der Waals surface area contributed by atoms with Gasteiger partial charge in [0.1, 0.15) is 6.61 Å². The number of unbranched alkanes of at least 4 members (excludes halogenated alkanes) is 24. The normalized spacial score (nSPS) is 12.4. The summed E-state index contributed by atoms with van der Waals surface area (Å²) in [5, 5.41) is 0. The highest BCUT2D eigenvalue weighted by molar-refractivity contribution is 7.46. The number of carbonyl (C=O) groups excluding carboxylic acids is 2. The zero-order valence-electron chi connectivity index (χ0n) is 30.7. The van der Waals surface area contributed by atoms with Gasteiger partial charge in [-0.05, 0) is 51.4 Å². The van der Waals surface area contributed by atoms with Crippen LogP contribution in [0.15, 0.2) is 24.8 Å². The Kier molecular flexibility index (Phi) is 34.3. The minimum atomic E-state index is -4.75. The Bertz CT molecular complexity index is 825. The number of rotatable bonds is 37. The minimum absolute atomic E-state index is 0.193. The molecular formula is C39H73O8P. The van der Waals surface area contributed by atoms with E-state index in [1.165, 1.54) is 116 Å². The number of allylic oxidation sites excluding steroid dienone is 3. The second-order valence-electron chi connectivity index (χ2n) is 13.3. The lowest BCUT2D eigenvalue weighted by Crippen LogP contribution is -2.29. The van der Waals surface area contributed by atoms with E-state index in [9.17, 15) is 14.2 Å². The topological polar surface area (TPSA) is 119 Å². The molecule has 0 aromatic carbocycles. The summed E-state index contributed by atoms with van der Waals surface area (Å²) >= 11 is 0. The van der Waals surface area contributed by atoms with Crippen LogP contribution in [0, 0.1) is 0 Å². The molecule has 8 nitrogen and oxygen atoms in total. The molecule has 0 heterocycles. The zero-order valence-corrected chi connectivity index (χ0v) is 31.6. The van der Waals surface area contributed by atoms with Gasteiger partial charge in [0.15, 0.2) is 6.10 Å². The molecule has 0 saturated heterocycles. The molecule has 0 aliphatic heterocycles. The average molecular weight is 701 g/mol. The molecular weight excluding hydrogens is 627 g/mol. The molecule has 0 amide bonds. The van der Waals surface area contributed by atoms with Crippen LogP contribution in [0.3, 0.4) is 0 Å². The van der Waals surface area contributed by atoms with Crippen LogP contribution < -0.4 is 0 Å². The minimum Gasteiger partial charge on any atom is -0.462 e. The molecule has 0 rings (SSSR count). The third-order valence-corrected chi connectivity index (χ3v) is 9.07. The van der Waals surface area contributed by atoms with Crippen LogP contribution in [-0.2, 0) is 28.2 Å². The summed E-state index contributed by atoms with van der Waals surface area (Å²) in [7, 11) is -4.75. The van der Waals surface area contributed by atoms with Crippen molar-refractivity contribution in [2.45, 2.75) is 199 Å². The fourth-order valence-corrected chi connectivity index (χ4v) is 6.00. The van der Waals surface area contributed by atoms with Gasteiger partial charge in [0, 0.05) is 12.8 Å². The van der Waals surface area contributed by atoms with Crippen molar-refractivity contribution in [1.82, 2.24) is 0 Å². The molecule has 1 atom stereocenters. The van der Waals surface area contributed by atoms with Gasteiger partial charge in [-0.15, -0.1) is 6.58 Å². The van der Waals surface area contributed by atoms with Crippen LogP contribution in [0.1, 0.15) is 193 Å². The number of phosphoric ester groups is 1. The van der Waals surface area contributed by atoms with E-state index in [-0.39, 0.29) is 19.4 Å². The Hall–Kier alpha value is -1.47. The van der Waals surface area contributed by atoms with E-state index >= 15 is 0 Å². The first kappa shape index (κ1) is 46.5. The third kappa shape index (κ3) is 37.4. The van der Waals surface area contributed by atoms with Gasteiger partial charge in [-0.2, -0.15) is 0 Å². The van der Waals surface area contributed by atoms with Crippen molar-refractivity contribution >= 4 is 19.8 Å². The second kappa shape index (κ2) is 35.4. The van der Waals surface area contributed by atoms with Gasteiger partial charge in [-0.3, -0.25) is 14.1 Å². The van der Waals surface area contributed by atoms with Gasteiger partial charge in [0.05, 0.1) is 6.61 Å².